The number of nitrogens with one attached hydrogen (secondary N) is 1. The van der Waals surface area contributed by atoms with Crippen molar-refractivity contribution in [3.63, 3.8) is 0 Å². The van der Waals surface area contributed by atoms with Gasteiger partial charge >= 0.3 is 0 Å². The molecular weight excluding hydrogens is 262 g/mol. The van der Waals surface area contributed by atoms with E-state index in [0.29, 0.717) is 12.2 Å². The Hall–Kier alpha value is -0.160. The molecule has 0 radical (unpaired) electrons. The van der Waals surface area contributed by atoms with Gasteiger partial charge in [0.2, 0.25) is 0 Å². The van der Waals surface area contributed by atoms with E-state index in [-0.39, 0.29) is 0 Å². The van der Waals surface area contributed by atoms with E-state index in [1.54, 1.807) is 0 Å². The predicted molar refractivity (Wildman–Crippen MR) is 86.7 cm³/mol. The van der Waals surface area contributed by atoms with Gasteiger partial charge in [-0.2, -0.15) is 0 Å². The summed E-state index contributed by atoms with van der Waals surface area (Å²) in [7, 11) is 0. The van der Waals surface area contributed by atoms with Crippen molar-refractivity contribution in [2.45, 2.75) is 70.2 Å². The van der Waals surface area contributed by atoms with Gasteiger partial charge in [0, 0.05) is 51.4 Å². The number of nitrogens with zero attached hydrogens (tertiary/aromatic N) is 2. The first-order chi connectivity index (χ1) is 10.2. The summed E-state index contributed by atoms with van der Waals surface area (Å²) in [6.45, 7) is 11.8. The highest BCUT2D eigenvalue weighted by Crippen LogP contribution is 2.23. The summed E-state index contributed by atoms with van der Waals surface area (Å²) >= 11 is 0. The fraction of sp³-hybridized carbons (Fsp3) is 1.00. The lowest BCUT2D eigenvalue weighted by molar-refractivity contribution is 0.00887. The van der Waals surface area contributed by atoms with Crippen LogP contribution >= 0.6 is 0 Å². The molecule has 3 aliphatic rings. The second kappa shape index (κ2) is 7.40. The quantitative estimate of drug-likeness (QED) is 0.774. The zero-order valence-electron chi connectivity index (χ0n) is 13.9. The van der Waals surface area contributed by atoms with Crippen molar-refractivity contribution >= 4 is 0 Å². The van der Waals surface area contributed by atoms with Crippen LogP contribution < -0.4 is 5.32 Å². The van der Waals surface area contributed by atoms with E-state index in [1.165, 1.54) is 58.3 Å². The van der Waals surface area contributed by atoms with Crippen LogP contribution in [-0.2, 0) is 4.74 Å². The Bertz CT molecular complexity index is 313. The molecule has 1 saturated carbocycles. The molecule has 0 amide bonds. The van der Waals surface area contributed by atoms with E-state index < -0.39 is 0 Å². The number of ether oxygens (including phenoxy) is 1. The lowest BCUT2D eigenvalue weighted by atomic mass is 10.1. The van der Waals surface area contributed by atoms with Gasteiger partial charge in [-0.3, -0.25) is 9.80 Å². The molecule has 3 atom stereocenters. The molecule has 3 rings (SSSR count). The zero-order valence-corrected chi connectivity index (χ0v) is 13.9. The first-order valence-electron chi connectivity index (χ1n) is 9.10. The van der Waals surface area contributed by atoms with Crippen LogP contribution in [-0.4, -0.2) is 73.4 Å². The van der Waals surface area contributed by atoms with Crippen molar-refractivity contribution in [2.75, 3.05) is 39.3 Å². The van der Waals surface area contributed by atoms with Gasteiger partial charge in [0.1, 0.15) is 0 Å². The lowest BCUT2D eigenvalue weighted by Gasteiger charge is -2.38. The van der Waals surface area contributed by atoms with E-state index in [2.05, 4.69) is 29.0 Å². The Labute approximate surface area is 130 Å². The van der Waals surface area contributed by atoms with Crippen LogP contribution in [0.25, 0.3) is 0 Å². The number of hydrogen-bond acceptors (Lipinski definition) is 4. The third-order valence-corrected chi connectivity index (χ3v) is 5.49. The average molecular weight is 295 g/mol. The maximum Gasteiger partial charge on any atom is 0.0707 e. The van der Waals surface area contributed by atoms with Gasteiger partial charge in [-0.1, -0.05) is 6.92 Å². The Balaban J connectivity index is 1.32. The fourth-order valence-corrected chi connectivity index (χ4v) is 3.58. The van der Waals surface area contributed by atoms with Gasteiger partial charge in [0.25, 0.3) is 0 Å². The smallest absolute Gasteiger partial charge is 0.0707 e. The van der Waals surface area contributed by atoms with Crippen molar-refractivity contribution in [3.8, 4) is 0 Å². The highest BCUT2D eigenvalue weighted by molar-refractivity contribution is 4.85. The average Bonchev–Trinajstić information content (AvgIpc) is 3.25. The minimum atomic E-state index is 0.469. The van der Waals surface area contributed by atoms with Crippen LogP contribution in [0.4, 0.5) is 0 Å². The van der Waals surface area contributed by atoms with Gasteiger partial charge in [-0.25, -0.2) is 0 Å². The summed E-state index contributed by atoms with van der Waals surface area (Å²) in [5.74, 6) is 0. The van der Waals surface area contributed by atoms with Crippen LogP contribution in [0.2, 0.25) is 0 Å². The Kier molecular flexibility index (Phi) is 5.54. The third kappa shape index (κ3) is 4.65. The molecular formula is C17H33N3O. The first-order valence-corrected chi connectivity index (χ1v) is 9.10. The standard InChI is InChI=1S/C17H33N3O/c1-3-14(2)20-10-8-19(9-11-20)13-17-7-6-16(21-17)12-18-15-4-5-15/h14-18H,3-13H2,1-2H3. The zero-order chi connectivity index (χ0) is 14.7. The molecule has 0 spiro atoms. The molecule has 0 bridgehead atoms. The van der Waals surface area contributed by atoms with Crippen LogP contribution in [0.1, 0.15) is 46.0 Å². The number of rotatable bonds is 7. The molecule has 21 heavy (non-hydrogen) atoms. The largest absolute Gasteiger partial charge is 0.372 e. The van der Waals surface area contributed by atoms with E-state index in [4.69, 9.17) is 4.74 Å². The highest BCUT2D eigenvalue weighted by Gasteiger charge is 2.30. The summed E-state index contributed by atoms with van der Waals surface area (Å²) in [5.41, 5.74) is 0. The first kappa shape index (κ1) is 15.7. The Morgan fingerprint density at radius 1 is 1.05 bits per heavy atom. The van der Waals surface area contributed by atoms with E-state index in [0.717, 1.165) is 25.2 Å². The SMILES string of the molecule is CCC(C)N1CCN(CC2CCC(CNC3CC3)O2)CC1. The van der Waals surface area contributed by atoms with Crippen molar-refractivity contribution in [2.24, 2.45) is 0 Å². The molecule has 0 aromatic rings. The van der Waals surface area contributed by atoms with Gasteiger partial charge < -0.3 is 10.1 Å². The molecule has 3 fully saturated rings. The van der Waals surface area contributed by atoms with Gasteiger partial charge in [-0.05, 0) is 39.0 Å². The summed E-state index contributed by atoms with van der Waals surface area (Å²) in [4.78, 5) is 5.24. The minimum absolute atomic E-state index is 0.469. The summed E-state index contributed by atoms with van der Waals surface area (Å²) in [6, 6.07) is 1.55. The monoisotopic (exact) mass is 295 g/mol. The van der Waals surface area contributed by atoms with E-state index in [9.17, 15) is 0 Å². The molecule has 4 nitrogen and oxygen atoms in total. The molecule has 1 aliphatic carbocycles. The van der Waals surface area contributed by atoms with Crippen LogP contribution in [0.3, 0.4) is 0 Å². The van der Waals surface area contributed by atoms with Gasteiger partial charge in [0.15, 0.2) is 0 Å². The van der Waals surface area contributed by atoms with Crippen molar-refractivity contribution < 1.29 is 4.74 Å². The molecule has 2 heterocycles. The lowest BCUT2D eigenvalue weighted by Crippen LogP contribution is -2.51. The maximum atomic E-state index is 6.22. The Morgan fingerprint density at radius 3 is 2.43 bits per heavy atom. The van der Waals surface area contributed by atoms with Crippen molar-refractivity contribution in [1.29, 1.82) is 0 Å². The molecule has 1 N–H and O–H groups in total. The van der Waals surface area contributed by atoms with Crippen LogP contribution in [0, 0.1) is 0 Å². The third-order valence-electron chi connectivity index (χ3n) is 5.49. The molecule has 3 unspecified atom stereocenters. The summed E-state index contributed by atoms with van der Waals surface area (Å²) in [6.07, 6.45) is 7.46. The maximum absolute atomic E-state index is 6.22. The molecule has 4 heteroatoms. The van der Waals surface area contributed by atoms with Crippen molar-refractivity contribution in [1.82, 2.24) is 15.1 Å². The summed E-state index contributed by atoms with van der Waals surface area (Å²) < 4.78 is 6.22. The molecule has 0 aromatic carbocycles. The van der Waals surface area contributed by atoms with Gasteiger partial charge in [0.05, 0.1) is 12.2 Å². The topological polar surface area (TPSA) is 27.7 Å². The number of hydrogen-bond donors (Lipinski definition) is 1. The molecule has 0 aromatic heterocycles. The second-order valence-electron chi connectivity index (χ2n) is 7.23. The number of piperazine rings is 1. The fourth-order valence-electron chi connectivity index (χ4n) is 3.58. The van der Waals surface area contributed by atoms with E-state index in [1.807, 2.05) is 0 Å². The Morgan fingerprint density at radius 2 is 1.76 bits per heavy atom. The van der Waals surface area contributed by atoms with Crippen molar-refractivity contribution in [3.05, 3.63) is 0 Å². The van der Waals surface area contributed by atoms with E-state index >= 15 is 0 Å². The molecule has 2 aliphatic heterocycles. The molecule has 2 saturated heterocycles. The normalized spacial score (nSPS) is 33.4. The minimum Gasteiger partial charge on any atom is -0.372 e. The molecule has 122 valence electrons. The van der Waals surface area contributed by atoms with Crippen LogP contribution in [0.5, 0.6) is 0 Å². The predicted octanol–water partition coefficient (Wildman–Crippen LogP) is 1.70. The second-order valence-corrected chi connectivity index (χ2v) is 7.23. The van der Waals surface area contributed by atoms with Gasteiger partial charge in [-0.15, -0.1) is 0 Å². The van der Waals surface area contributed by atoms with Crippen LogP contribution in [0.15, 0.2) is 0 Å². The summed E-state index contributed by atoms with van der Waals surface area (Å²) in [5, 5.41) is 3.60. The highest BCUT2D eigenvalue weighted by atomic mass is 16.5.